The van der Waals surface area contributed by atoms with Gasteiger partial charge in [-0.1, -0.05) is 0 Å². The van der Waals surface area contributed by atoms with Crippen molar-refractivity contribution in [3.8, 4) is 0 Å². The van der Waals surface area contributed by atoms with Gasteiger partial charge in [-0.3, -0.25) is 4.79 Å². The molecule has 0 spiro atoms. The third kappa shape index (κ3) is 6.03. The lowest BCUT2D eigenvalue weighted by Gasteiger charge is -2.16. The van der Waals surface area contributed by atoms with Gasteiger partial charge in [-0.15, -0.1) is 0 Å². The zero-order chi connectivity index (χ0) is 12.7. The Morgan fingerprint density at radius 3 is 2.76 bits per heavy atom. The van der Waals surface area contributed by atoms with Crippen molar-refractivity contribution in [3.05, 3.63) is 0 Å². The molecule has 0 radical (unpaired) electrons. The molecule has 4 nitrogen and oxygen atoms in total. The zero-order valence-electron chi connectivity index (χ0n) is 11.3. The molecular formula is C13H26N2O2. The first-order valence-electron chi connectivity index (χ1n) is 6.75. The molecule has 100 valence electrons. The fourth-order valence-electron chi connectivity index (χ4n) is 2.02. The second-order valence-electron chi connectivity index (χ2n) is 5.12. The third-order valence-electron chi connectivity index (χ3n) is 3.00. The first kappa shape index (κ1) is 14.5. The Hall–Kier alpha value is -0.610. The highest BCUT2D eigenvalue weighted by Gasteiger charge is 2.16. The molecule has 4 heteroatoms. The van der Waals surface area contributed by atoms with Gasteiger partial charge >= 0.3 is 0 Å². The topological polar surface area (TPSA) is 50.4 Å². The standard InChI is InChI=1S/C13H26N2O2/c1-10(2)15-13(16)11(3)14-8-4-6-12-7-5-9-17-12/h10-12,14H,4-9H2,1-3H3,(H,15,16). The van der Waals surface area contributed by atoms with Crippen molar-refractivity contribution in [1.29, 1.82) is 0 Å². The Balaban J connectivity index is 2.02. The summed E-state index contributed by atoms with van der Waals surface area (Å²) in [6, 6.07) is 0.0977. The molecule has 0 aromatic rings. The van der Waals surface area contributed by atoms with Crippen molar-refractivity contribution >= 4 is 5.91 Å². The Labute approximate surface area is 104 Å². The van der Waals surface area contributed by atoms with Crippen LogP contribution in [0.5, 0.6) is 0 Å². The van der Waals surface area contributed by atoms with Crippen molar-refractivity contribution in [1.82, 2.24) is 10.6 Å². The maximum Gasteiger partial charge on any atom is 0.237 e. The van der Waals surface area contributed by atoms with Crippen LogP contribution in [0.4, 0.5) is 0 Å². The summed E-state index contributed by atoms with van der Waals surface area (Å²) in [5.41, 5.74) is 0. The molecule has 1 amide bonds. The monoisotopic (exact) mass is 242 g/mol. The highest BCUT2D eigenvalue weighted by Crippen LogP contribution is 2.16. The average Bonchev–Trinajstić information content (AvgIpc) is 2.75. The molecular weight excluding hydrogens is 216 g/mol. The van der Waals surface area contributed by atoms with Gasteiger partial charge in [0.05, 0.1) is 12.1 Å². The van der Waals surface area contributed by atoms with Gasteiger partial charge in [0.1, 0.15) is 0 Å². The number of ether oxygens (including phenoxy) is 1. The molecule has 1 aliphatic heterocycles. The normalized spacial score (nSPS) is 21.8. The van der Waals surface area contributed by atoms with Crippen molar-refractivity contribution in [3.63, 3.8) is 0 Å². The summed E-state index contributed by atoms with van der Waals surface area (Å²) in [5, 5.41) is 6.14. The Morgan fingerprint density at radius 2 is 2.18 bits per heavy atom. The highest BCUT2D eigenvalue weighted by molar-refractivity contribution is 5.81. The number of carbonyl (C=O) groups excluding carboxylic acids is 1. The zero-order valence-corrected chi connectivity index (χ0v) is 11.3. The quantitative estimate of drug-likeness (QED) is 0.664. The Kier molecular flexibility index (Phi) is 6.52. The van der Waals surface area contributed by atoms with Gasteiger partial charge in [0.15, 0.2) is 0 Å². The summed E-state index contributed by atoms with van der Waals surface area (Å²) < 4.78 is 5.55. The van der Waals surface area contributed by atoms with Crippen LogP contribution in [0.25, 0.3) is 0 Å². The Morgan fingerprint density at radius 1 is 1.41 bits per heavy atom. The molecule has 1 aliphatic rings. The second-order valence-corrected chi connectivity index (χ2v) is 5.12. The van der Waals surface area contributed by atoms with Crippen LogP contribution in [0.2, 0.25) is 0 Å². The SMILES string of the molecule is CC(C)NC(=O)C(C)NCCCC1CCCO1. The van der Waals surface area contributed by atoms with Crippen molar-refractivity contribution in [2.24, 2.45) is 0 Å². The van der Waals surface area contributed by atoms with Gasteiger partial charge in [-0.2, -0.15) is 0 Å². The van der Waals surface area contributed by atoms with E-state index in [2.05, 4.69) is 10.6 Å². The number of hydrogen-bond acceptors (Lipinski definition) is 3. The fourth-order valence-corrected chi connectivity index (χ4v) is 2.02. The summed E-state index contributed by atoms with van der Waals surface area (Å²) in [5.74, 6) is 0.0807. The molecule has 0 aliphatic carbocycles. The minimum absolute atomic E-state index is 0.0807. The fraction of sp³-hybridized carbons (Fsp3) is 0.923. The van der Waals surface area contributed by atoms with E-state index in [4.69, 9.17) is 4.74 Å². The van der Waals surface area contributed by atoms with Gasteiger partial charge < -0.3 is 15.4 Å². The summed E-state index contributed by atoms with van der Waals surface area (Å²) >= 11 is 0. The van der Waals surface area contributed by atoms with E-state index < -0.39 is 0 Å². The first-order chi connectivity index (χ1) is 8.09. The summed E-state index contributed by atoms with van der Waals surface area (Å²) in [6.45, 7) is 7.66. The average molecular weight is 242 g/mol. The molecule has 1 rings (SSSR count). The van der Waals surface area contributed by atoms with E-state index in [0.717, 1.165) is 26.0 Å². The highest BCUT2D eigenvalue weighted by atomic mass is 16.5. The predicted molar refractivity (Wildman–Crippen MR) is 69.0 cm³/mol. The van der Waals surface area contributed by atoms with E-state index in [0.29, 0.717) is 6.10 Å². The lowest BCUT2D eigenvalue weighted by atomic mass is 10.1. The molecule has 1 saturated heterocycles. The molecule has 2 atom stereocenters. The van der Waals surface area contributed by atoms with Crippen LogP contribution in [0.1, 0.15) is 46.5 Å². The molecule has 0 aromatic heterocycles. The number of hydrogen-bond donors (Lipinski definition) is 2. The minimum atomic E-state index is -0.109. The van der Waals surface area contributed by atoms with E-state index in [1.807, 2.05) is 20.8 Å². The van der Waals surface area contributed by atoms with E-state index in [9.17, 15) is 4.79 Å². The largest absolute Gasteiger partial charge is 0.378 e. The number of rotatable bonds is 7. The molecule has 2 unspecified atom stereocenters. The summed E-state index contributed by atoms with van der Waals surface area (Å²) in [4.78, 5) is 11.6. The van der Waals surface area contributed by atoms with E-state index in [-0.39, 0.29) is 18.0 Å². The predicted octanol–water partition coefficient (Wildman–Crippen LogP) is 1.45. The van der Waals surface area contributed by atoms with Crippen LogP contribution in [-0.4, -0.2) is 37.2 Å². The molecule has 0 aromatic carbocycles. The molecule has 2 N–H and O–H groups in total. The maximum absolute atomic E-state index is 11.6. The van der Waals surface area contributed by atoms with E-state index in [1.54, 1.807) is 0 Å². The van der Waals surface area contributed by atoms with Crippen molar-refractivity contribution in [2.75, 3.05) is 13.2 Å². The lowest BCUT2D eigenvalue weighted by Crippen LogP contribution is -2.44. The van der Waals surface area contributed by atoms with Crippen LogP contribution in [0.3, 0.4) is 0 Å². The number of nitrogens with one attached hydrogen (secondary N) is 2. The van der Waals surface area contributed by atoms with Crippen LogP contribution < -0.4 is 10.6 Å². The van der Waals surface area contributed by atoms with Gasteiger partial charge in [0.25, 0.3) is 0 Å². The minimum Gasteiger partial charge on any atom is -0.378 e. The van der Waals surface area contributed by atoms with Crippen LogP contribution >= 0.6 is 0 Å². The van der Waals surface area contributed by atoms with E-state index in [1.165, 1.54) is 12.8 Å². The molecule has 0 bridgehead atoms. The Bertz CT molecular complexity index is 225. The lowest BCUT2D eigenvalue weighted by molar-refractivity contribution is -0.123. The van der Waals surface area contributed by atoms with Gasteiger partial charge in [-0.05, 0) is 53.0 Å². The van der Waals surface area contributed by atoms with Crippen molar-refractivity contribution < 1.29 is 9.53 Å². The molecule has 1 heterocycles. The third-order valence-corrected chi connectivity index (χ3v) is 3.00. The van der Waals surface area contributed by atoms with E-state index >= 15 is 0 Å². The molecule has 1 fully saturated rings. The van der Waals surface area contributed by atoms with Crippen LogP contribution in [0, 0.1) is 0 Å². The summed E-state index contributed by atoms with van der Waals surface area (Å²) in [6.07, 6.45) is 5.03. The van der Waals surface area contributed by atoms with Gasteiger partial charge in [0, 0.05) is 12.6 Å². The van der Waals surface area contributed by atoms with Gasteiger partial charge in [-0.25, -0.2) is 0 Å². The summed E-state index contributed by atoms with van der Waals surface area (Å²) in [7, 11) is 0. The molecule has 17 heavy (non-hydrogen) atoms. The van der Waals surface area contributed by atoms with Crippen LogP contribution in [0.15, 0.2) is 0 Å². The smallest absolute Gasteiger partial charge is 0.237 e. The van der Waals surface area contributed by atoms with Crippen molar-refractivity contribution in [2.45, 2.75) is 64.6 Å². The van der Waals surface area contributed by atoms with Gasteiger partial charge in [0.2, 0.25) is 5.91 Å². The maximum atomic E-state index is 11.6. The molecule has 0 saturated carbocycles. The number of amides is 1. The first-order valence-corrected chi connectivity index (χ1v) is 6.75. The second kappa shape index (κ2) is 7.67. The number of carbonyl (C=O) groups is 1. The van der Waals surface area contributed by atoms with Crippen LogP contribution in [-0.2, 0) is 9.53 Å².